The Bertz CT molecular complexity index is 625. The number of rotatable bonds is 7. The van der Waals surface area contributed by atoms with Gasteiger partial charge in [0.2, 0.25) is 5.95 Å². The molecule has 0 aliphatic heterocycles. The highest BCUT2D eigenvalue weighted by Crippen LogP contribution is 2.17. The van der Waals surface area contributed by atoms with Crippen LogP contribution in [0.15, 0.2) is 35.5 Å². The van der Waals surface area contributed by atoms with Crippen molar-refractivity contribution in [2.24, 2.45) is 0 Å². The Balaban J connectivity index is 2.05. The summed E-state index contributed by atoms with van der Waals surface area (Å²) < 4.78 is 36.5. The molecule has 108 valence electrons. The molecule has 0 spiro atoms. The molecule has 9 heteroatoms. The zero-order valence-electron chi connectivity index (χ0n) is 10.7. The van der Waals surface area contributed by atoms with Crippen LogP contribution in [0.4, 0.5) is 5.95 Å². The lowest BCUT2D eigenvalue weighted by Crippen LogP contribution is -2.14. The molecule has 0 saturated carbocycles. The van der Waals surface area contributed by atoms with Gasteiger partial charge in [0.05, 0.1) is 11.5 Å². The zero-order valence-corrected chi connectivity index (χ0v) is 11.6. The highest BCUT2D eigenvalue weighted by Gasteiger charge is 2.15. The van der Waals surface area contributed by atoms with Crippen molar-refractivity contribution < 1.29 is 17.9 Å². The van der Waals surface area contributed by atoms with Gasteiger partial charge >= 0.3 is 0 Å². The first kappa shape index (κ1) is 14.3. The molecule has 0 aliphatic carbocycles. The molecule has 0 amide bonds. The fourth-order valence-electron chi connectivity index (χ4n) is 1.40. The average Bonchev–Trinajstić information content (AvgIpc) is 2.92. The van der Waals surface area contributed by atoms with Crippen LogP contribution in [0, 0.1) is 0 Å². The van der Waals surface area contributed by atoms with Crippen molar-refractivity contribution in [1.82, 2.24) is 15.2 Å². The summed E-state index contributed by atoms with van der Waals surface area (Å²) in [5.41, 5.74) is 0. The summed E-state index contributed by atoms with van der Waals surface area (Å²) in [7, 11) is -2.11. The maximum atomic E-state index is 12.0. The van der Waals surface area contributed by atoms with Crippen LogP contribution in [0.3, 0.4) is 0 Å². The minimum absolute atomic E-state index is 0.0606. The Morgan fingerprint density at radius 1 is 1.25 bits per heavy atom. The third-order valence-corrected chi connectivity index (χ3v) is 3.69. The number of methoxy groups -OCH3 is 1. The fourth-order valence-corrected chi connectivity index (χ4v) is 2.36. The van der Waals surface area contributed by atoms with Gasteiger partial charge in [-0.25, -0.2) is 18.2 Å². The lowest BCUT2D eigenvalue weighted by molar-refractivity contribution is 0.146. The Kier molecular flexibility index (Phi) is 4.53. The van der Waals surface area contributed by atoms with Crippen molar-refractivity contribution in [3.05, 3.63) is 30.6 Å². The summed E-state index contributed by atoms with van der Waals surface area (Å²) in [6.45, 7) is 0.867. The van der Waals surface area contributed by atoms with E-state index in [-0.39, 0.29) is 10.8 Å². The Labute approximate surface area is 116 Å². The topological polar surface area (TPSA) is 106 Å². The van der Waals surface area contributed by atoms with Gasteiger partial charge in [-0.05, 0) is 24.3 Å². The van der Waals surface area contributed by atoms with E-state index < -0.39 is 10.0 Å². The third-order valence-electron chi connectivity index (χ3n) is 2.34. The molecule has 2 rings (SSSR count). The lowest BCUT2D eigenvalue weighted by atomic mass is 10.3. The maximum absolute atomic E-state index is 12.0. The highest BCUT2D eigenvalue weighted by molar-refractivity contribution is 7.92. The molecule has 0 bridgehead atoms. The number of benzene rings is 1. The van der Waals surface area contributed by atoms with E-state index in [2.05, 4.69) is 19.9 Å². The fraction of sp³-hybridized carbons (Fsp3) is 0.273. The van der Waals surface area contributed by atoms with Gasteiger partial charge < -0.3 is 9.47 Å². The van der Waals surface area contributed by atoms with Crippen LogP contribution in [0.2, 0.25) is 0 Å². The predicted octanol–water partition coefficient (Wildman–Crippen LogP) is 0.631. The summed E-state index contributed by atoms with van der Waals surface area (Å²) >= 11 is 0. The van der Waals surface area contributed by atoms with Gasteiger partial charge in [-0.1, -0.05) is 0 Å². The van der Waals surface area contributed by atoms with Gasteiger partial charge in [-0.2, -0.15) is 10.1 Å². The van der Waals surface area contributed by atoms with E-state index in [9.17, 15) is 8.42 Å². The van der Waals surface area contributed by atoms with E-state index in [0.29, 0.717) is 19.0 Å². The van der Waals surface area contributed by atoms with Crippen LogP contribution in [-0.2, 0) is 14.8 Å². The van der Waals surface area contributed by atoms with E-state index in [1.807, 2.05) is 0 Å². The number of sulfonamides is 1. The number of hydrogen-bond donors (Lipinski definition) is 2. The summed E-state index contributed by atoms with van der Waals surface area (Å²) in [5.74, 6) is 0.631. The van der Waals surface area contributed by atoms with Crippen molar-refractivity contribution in [2.75, 3.05) is 25.0 Å². The van der Waals surface area contributed by atoms with Gasteiger partial charge in [0.25, 0.3) is 10.0 Å². The molecule has 0 radical (unpaired) electrons. The van der Waals surface area contributed by atoms with Gasteiger partial charge in [-0.15, -0.1) is 0 Å². The number of ether oxygens (including phenoxy) is 2. The molecular weight excluding hydrogens is 284 g/mol. The summed E-state index contributed by atoms with van der Waals surface area (Å²) in [6.07, 6.45) is 1.21. The Morgan fingerprint density at radius 3 is 2.60 bits per heavy atom. The van der Waals surface area contributed by atoms with Crippen molar-refractivity contribution in [3.8, 4) is 5.75 Å². The molecular formula is C11H14N4O4S. The minimum Gasteiger partial charge on any atom is -0.491 e. The van der Waals surface area contributed by atoms with Crippen molar-refractivity contribution >= 4 is 16.0 Å². The monoisotopic (exact) mass is 298 g/mol. The molecule has 0 unspecified atom stereocenters. The molecule has 1 aromatic carbocycles. The van der Waals surface area contributed by atoms with Crippen LogP contribution in [0.1, 0.15) is 0 Å². The second-order valence-electron chi connectivity index (χ2n) is 3.75. The first-order valence-electron chi connectivity index (χ1n) is 5.72. The van der Waals surface area contributed by atoms with E-state index in [4.69, 9.17) is 9.47 Å². The van der Waals surface area contributed by atoms with E-state index in [0.717, 1.165) is 0 Å². The predicted molar refractivity (Wildman–Crippen MR) is 71.0 cm³/mol. The largest absolute Gasteiger partial charge is 0.491 e. The van der Waals surface area contributed by atoms with Crippen LogP contribution in [-0.4, -0.2) is 43.9 Å². The SMILES string of the molecule is COCCOc1ccc(S(=O)(=O)Nc2ncn[nH]2)cc1. The smallest absolute Gasteiger partial charge is 0.264 e. The normalized spacial score (nSPS) is 11.2. The molecule has 8 nitrogen and oxygen atoms in total. The minimum atomic E-state index is -3.69. The number of aromatic amines is 1. The van der Waals surface area contributed by atoms with Crippen LogP contribution in [0.25, 0.3) is 0 Å². The maximum Gasteiger partial charge on any atom is 0.264 e. The molecule has 2 N–H and O–H groups in total. The molecule has 0 fully saturated rings. The van der Waals surface area contributed by atoms with E-state index >= 15 is 0 Å². The molecule has 1 aromatic heterocycles. The lowest BCUT2D eigenvalue weighted by Gasteiger charge is -2.07. The van der Waals surface area contributed by atoms with E-state index in [1.165, 1.54) is 18.5 Å². The second-order valence-corrected chi connectivity index (χ2v) is 5.43. The quantitative estimate of drug-likeness (QED) is 0.726. The van der Waals surface area contributed by atoms with Gasteiger partial charge in [0.15, 0.2) is 0 Å². The first-order valence-corrected chi connectivity index (χ1v) is 7.20. The number of hydrogen-bond acceptors (Lipinski definition) is 6. The van der Waals surface area contributed by atoms with Crippen molar-refractivity contribution in [1.29, 1.82) is 0 Å². The molecule has 20 heavy (non-hydrogen) atoms. The van der Waals surface area contributed by atoms with E-state index in [1.54, 1.807) is 19.2 Å². The van der Waals surface area contributed by atoms with Crippen molar-refractivity contribution in [3.63, 3.8) is 0 Å². The van der Waals surface area contributed by atoms with Crippen molar-refractivity contribution in [2.45, 2.75) is 4.90 Å². The molecule has 2 aromatic rings. The van der Waals surface area contributed by atoms with Gasteiger partial charge in [-0.3, -0.25) is 0 Å². The Morgan fingerprint density at radius 2 is 2.00 bits per heavy atom. The van der Waals surface area contributed by atoms with Crippen LogP contribution < -0.4 is 9.46 Å². The Hall–Kier alpha value is -2.13. The zero-order chi connectivity index (χ0) is 14.4. The summed E-state index contributed by atoms with van der Waals surface area (Å²) in [6, 6.07) is 6.04. The molecule has 0 saturated heterocycles. The molecule has 1 heterocycles. The molecule has 0 aliphatic rings. The number of nitrogens with zero attached hydrogens (tertiary/aromatic N) is 2. The standard InChI is InChI=1S/C11H14N4O4S/c1-18-6-7-19-9-2-4-10(5-3-9)20(16,17)15-11-12-8-13-14-11/h2-5,8H,6-7H2,1H3,(H2,12,13,14,15). The van der Waals surface area contributed by atoms with Crippen LogP contribution >= 0.6 is 0 Å². The van der Waals surface area contributed by atoms with Gasteiger partial charge in [0.1, 0.15) is 18.7 Å². The highest BCUT2D eigenvalue weighted by atomic mass is 32.2. The number of nitrogens with one attached hydrogen (secondary N) is 2. The first-order chi connectivity index (χ1) is 9.62. The molecule has 0 atom stereocenters. The van der Waals surface area contributed by atoms with Gasteiger partial charge in [0, 0.05) is 7.11 Å². The van der Waals surface area contributed by atoms with Crippen LogP contribution in [0.5, 0.6) is 5.75 Å². The summed E-state index contributed by atoms with van der Waals surface area (Å²) in [4.78, 5) is 3.80. The number of aromatic nitrogens is 3. The number of anilines is 1. The second kappa shape index (κ2) is 6.35. The average molecular weight is 298 g/mol. The summed E-state index contributed by atoms with van der Waals surface area (Å²) in [5, 5.41) is 5.98. The third kappa shape index (κ3) is 3.68. The number of H-pyrrole nitrogens is 1.